The lowest BCUT2D eigenvalue weighted by molar-refractivity contribution is -0.121. The molecule has 0 fully saturated rings. The Balaban J connectivity index is 4.33. The summed E-state index contributed by atoms with van der Waals surface area (Å²) in [6, 6.07) is 0. The van der Waals surface area contributed by atoms with Gasteiger partial charge in [-0.1, -0.05) is 0 Å². The first-order valence-electron chi connectivity index (χ1n) is 4.25. The van der Waals surface area contributed by atoms with Crippen LogP contribution in [-0.2, 0) is 9.59 Å². The zero-order valence-electron chi connectivity index (χ0n) is 8.66. The zero-order valence-corrected chi connectivity index (χ0v) is 9.48. The second-order valence-electron chi connectivity index (χ2n) is 2.68. The van der Waals surface area contributed by atoms with E-state index < -0.39 is 0 Å². The normalized spacial score (nSPS) is 11.0. The second-order valence-corrected chi connectivity index (χ2v) is 3.67. The SMILES string of the molecule is CSCCC(=O)NC(C=O)=C(C)NC#N. The summed E-state index contributed by atoms with van der Waals surface area (Å²) in [5.41, 5.74) is 0.438. The molecule has 0 rings (SSSR count). The number of nitrogens with zero attached hydrogens (tertiary/aromatic N) is 1. The highest BCUT2D eigenvalue weighted by molar-refractivity contribution is 7.98. The maximum Gasteiger partial charge on any atom is 0.225 e. The number of amides is 1. The molecule has 6 heteroatoms. The highest BCUT2D eigenvalue weighted by Crippen LogP contribution is 1.98. The van der Waals surface area contributed by atoms with Crippen molar-refractivity contribution in [1.82, 2.24) is 10.6 Å². The van der Waals surface area contributed by atoms with Gasteiger partial charge in [-0.3, -0.25) is 14.9 Å². The van der Waals surface area contributed by atoms with Crippen molar-refractivity contribution in [1.29, 1.82) is 5.26 Å². The Bertz CT molecular complexity index is 307. The van der Waals surface area contributed by atoms with Gasteiger partial charge in [-0.05, 0) is 13.2 Å². The number of thioether (sulfide) groups is 1. The van der Waals surface area contributed by atoms with Gasteiger partial charge in [-0.2, -0.15) is 17.0 Å². The summed E-state index contributed by atoms with van der Waals surface area (Å²) in [7, 11) is 0. The van der Waals surface area contributed by atoms with Crippen molar-refractivity contribution < 1.29 is 9.59 Å². The number of hydrogen-bond donors (Lipinski definition) is 2. The van der Waals surface area contributed by atoms with E-state index in [0.717, 1.165) is 0 Å². The second kappa shape index (κ2) is 7.88. The minimum Gasteiger partial charge on any atom is -0.322 e. The summed E-state index contributed by atoms with van der Waals surface area (Å²) >= 11 is 1.55. The summed E-state index contributed by atoms with van der Waals surface area (Å²) in [5.74, 6) is 0.466. The van der Waals surface area contributed by atoms with E-state index in [9.17, 15) is 9.59 Å². The topological polar surface area (TPSA) is 82.0 Å². The number of allylic oxidation sites excluding steroid dienone is 2. The molecular formula is C9H13N3O2S. The van der Waals surface area contributed by atoms with E-state index in [1.165, 1.54) is 0 Å². The first-order valence-corrected chi connectivity index (χ1v) is 5.65. The predicted octanol–water partition coefficient (Wildman–Crippen LogP) is 0.357. The van der Waals surface area contributed by atoms with Crippen LogP contribution >= 0.6 is 11.8 Å². The molecule has 0 unspecified atom stereocenters. The van der Waals surface area contributed by atoms with Crippen LogP contribution in [0, 0.1) is 11.5 Å². The Morgan fingerprint density at radius 2 is 2.27 bits per heavy atom. The van der Waals surface area contributed by atoms with Crippen LogP contribution in [0.1, 0.15) is 13.3 Å². The van der Waals surface area contributed by atoms with Crippen molar-refractivity contribution in [2.45, 2.75) is 13.3 Å². The van der Waals surface area contributed by atoms with E-state index >= 15 is 0 Å². The average molecular weight is 227 g/mol. The molecule has 5 nitrogen and oxygen atoms in total. The van der Waals surface area contributed by atoms with Gasteiger partial charge in [0.15, 0.2) is 12.5 Å². The fourth-order valence-electron chi connectivity index (χ4n) is 0.770. The molecule has 0 aromatic heterocycles. The monoisotopic (exact) mass is 227 g/mol. The number of hydrogen-bond acceptors (Lipinski definition) is 5. The van der Waals surface area contributed by atoms with Gasteiger partial charge in [-0.25, -0.2) is 0 Å². The molecular weight excluding hydrogens is 214 g/mol. The van der Waals surface area contributed by atoms with Gasteiger partial charge in [-0.15, -0.1) is 0 Å². The number of carbonyl (C=O) groups is 2. The third kappa shape index (κ3) is 5.75. The molecule has 0 aliphatic heterocycles. The summed E-state index contributed by atoms with van der Waals surface area (Å²) in [6.07, 6.45) is 4.43. The van der Waals surface area contributed by atoms with Gasteiger partial charge in [0.2, 0.25) is 5.91 Å². The molecule has 0 radical (unpaired) electrons. The lowest BCUT2D eigenvalue weighted by Crippen LogP contribution is -2.26. The fraction of sp³-hybridized carbons (Fsp3) is 0.444. The standard InChI is InChI=1S/C9H13N3O2S/c1-7(11-6-10)8(5-13)12-9(14)3-4-15-2/h5,11H,3-4H2,1-2H3,(H,12,14). The molecule has 0 spiro atoms. The Hall–Kier alpha value is -1.48. The molecule has 2 N–H and O–H groups in total. The summed E-state index contributed by atoms with van der Waals surface area (Å²) in [5, 5.41) is 13.1. The number of aldehydes is 1. The van der Waals surface area contributed by atoms with E-state index in [2.05, 4.69) is 10.6 Å². The molecule has 82 valence electrons. The molecule has 0 saturated heterocycles. The Kier molecular flexibility index (Phi) is 7.10. The Morgan fingerprint density at radius 1 is 1.60 bits per heavy atom. The minimum atomic E-state index is -0.231. The molecule has 0 heterocycles. The molecule has 0 aliphatic rings. The minimum absolute atomic E-state index is 0.0997. The maximum absolute atomic E-state index is 11.3. The summed E-state index contributed by atoms with van der Waals surface area (Å²) < 4.78 is 0. The Morgan fingerprint density at radius 3 is 2.73 bits per heavy atom. The zero-order chi connectivity index (χ0) is 11.7. The smallest absolute Gasteiger partial charge is 0.225 e. The molecule has 0 saturated carbocycles. The van der Waals surface area contributed by atoms with E-state index in [1.807, 2.05) is 6.26 Å². The highest BCUT2D eigenvalue weighted by atomic mass is 32.2. The van der Waals surface area contributed by atoms with Gasteiger partial charge in [0, 0.05) is 17.9 Å². The number of rotatable bonds is 6. The van der Waals surface area contributed by atoms with Crippen LogP contribution in [0.15, 0.2) is 11.4 Å². The van der Waals surface area contributed by atoms with Crippen molar-refractivity contribution in [3.05, 3.63) is 11.4 Å². The van der Waals surface area contributed by atoms with E-state index in [0.29, 0.717) is 24.2 Å². The van der Waals surface area contributed by atoms with Crippen molar-refractivity contribution in [2.75, 3.05) is 12.0 Å². The van der Waals surface area contributed by atoms with Gasteiger partial charge in [0.25, 0.3) is 0 Å². The number of nitriles is 1. The van der Waals surface area contributed by atoms with Crippen LogP contribution in [0.4, 0.5) is 0 Å². The maximum atomic E-state index is 11.3. The lowest BCUT2D eigenvalue weighted by atomic mass is 10.3. The lowest BCUT2D eigenvalue weighted by Gasteiger charge is -2.06. The molecule has 0 bridgehead atoms. The molecule has 1 amide bonds. The van der Waals surface area contributed by atoms with Gasteiger partial charge < -0.3 is 5.32 Å². The van der Waals surface area contributed by atoms with E-state index in [-0.39, 0.29) is 11.6 Å². The fourth-order valence-corrected chi connectivity index (χ4v) is 1.16. The van der Waals surface area contributed by atoms with Crippen LogP contribution in [-0.4, -0.2) is 24.2 Å². The number of carbonyl (C=O) groups excluding carboxylic acids is 2. The third-order valence-electron chi connectivity index (χ3n) is 1.57. The molecule has 0 atom stereocenters. The largest absolute Gasteiger partial charge is 0.322 e. The van der Waals surface area contributed by atoms with Crippen molar-refractivity contribution in [3.63, 3.8) is 0 Å². The van der Waals surface area contributed by atoms with Gasteiger partial charge in [0.1, 0.15) is 5.70 Å². The van der Waals surface area contributed by atoms with Crippen molar-refractivity contribution >= 4 is 24.0 Å². The number of nitrogens with one attached hydrogen (secondary N) is 2. The van der Waals surface area contributed by atoms with Crippen LogP contribution in [0.25, 0.3) is 0 Å². The van der Waals surface area contributed by atoms with Crippen LogP contribution in [0.2, 0.25) is 0 Å². The summed E-state index contributed by atoms with van der Waals surface area (Å²) in [6.45, 7) is 1.54. The molecule has 0 aromatic rings. The molecule has 0 aromatic carbocycles. The Labute approximate surface area is 92.9 Å². The first kappa shape index (κ1) is 13.5. The van der Waals surface area contributed by atoms with Crippen molar-refractivity contribution in [3.8, 4) is 6.19 Å². The third-order valence-corrected chi connectivity index (χ3v) is 2.18. The average Bonchev–Trinajstić information content (AvgIpc) is 2.23. The van der Waals surface area contributed by atoms with Gasteiger partial charge in [0.05, 0.1) is 0 Å². The van der Waals surface area contributed by atoms with Crippen molar-refractivity contribution in [2.24, 2.45) is 0 Å². The van der Waals surface area contributed by atoms with Crippen LogP contribution in [0.3, 0.4) is 0 Å². The van der Waals surface area contributed by atoms with E-state index in [4.69, 9.17) is 5.26 Å². The van der Waals surface area contributed by atoms with Crippen LogP contribution in [0.5, 0.6) is 0 Å². The van der Waals surface area contributed by atoms with Gasteiger partial charge >= 0.3 is 0 Å². The van der Waals surface area contributed by atoms with E-state index in [1.54, 1.807) is 24.9 Å². The van der Waals surface area contributed by atoms with Crippen LogP contribution < -0.4 is 10.6 Å². The summed E-state index contributed by atoms with van der Waals surface area (Å²) in [4.78, 5) is 21.9. The quantitative estimate of drug-likeness (QED) is 0.296. The predicted molar refractivity (Wildman–Crippen MR) is 58.7 cm³/mol. The molecule has 0 aliphatic carbocycles. The first-order chi connectivity index (χ1) is 7.15. The highest BCUT2D eigenvalue weighted by Gasteiger charge is 2.06. The molecule has 15 heavy (non-hydrogen) atoms.